The number of rotatable bonds is 3. The number of benzene rings is 1. The lowest BCUT2D eigenvalue weighted by Gasteiger charge is -1.95. The first-order chi connectivity index (χ1) is 7.74. The van der Waals surface area contributed by atoms with E-state index in [0.717, 1.165) is 5.56 Å². The molecule has 5 nitrogen and oxygen atoms in total. The molecular weight excluding hydrogens is 204 g/mol. The van der Waals surface area contributed by atoms with Gasteiger partial charge in [-0.05, 0) is 23.7 Å². The molecule has 0 aliphatic rings. The second-order valence-electron chi connectivity index (χ2n) is 2.95. The van der Waals surface area contributed by atoms with Gasteiger partial charge in [-0.3, -0.25) is 4.79 Å². The summed E-state index contributed by atoms with van der Waals surface area (Å²) in [4.78, 5) is 13.5. The van der Waals surface area contributed by atoms with Crippen molar-refractivity contribution in [2.45, 2.75) is 6.42 Å². The fraction of sp³-hybridized carbons (Fsp3) is 0.182. The minimum atomic E-state index is -0.474. The SMILES string of the molecule is [N-]=[N+]=NCCC#Cc1cccc(C(N)=O)c1. The number of primary amides is 1. The zero-order valence-electron chi connectivity index (χ0n) is 8.55. The summed E-state index contributed by atoms with van der Waals surface area (Å²) in [6.07, 6.45) is 0.491. The van der Waals surface area contributed by atoms with Crippen LogP contribution in [0.1, 0.15) is 22.3 Å². The number of nitrogens with zero attached hydrogens (tertiary/aromatic N) is 3. The van der Waals surface area contributed by atoms with E-state index < -0.39 is 5.91 Å². The Bertz CT molecular complexity index is 492. The van der Waals surface area contributed by atoms with E-state index in [1.807, 2.05) is 0 Å². The molecule has 0 radical (unpaired) electrons. The Morgan fingerprint density at radius 1 is 1.56 bits per heavy atom. The first-order valence-corrected chi connectivity index (χ1v) is 4.63. The highest BCUT2D eigenvalue weighted by Crippen LogP contribution is 2.02. The molecule has 2 N–H and O–H groups in total. The summed E-state index contributed by atoms with van der Waals surface area (Å²) in [5, 5.41) is 3.35. The van der Waals surface area contributed by atoms with Crippen molar-refractivity contribution in [2.24, 2.45) is 10.8 Å². The summed E-state index contributed by atoms with van der Waals surface area (Å²) in [5.41, 5.74) is 14.3. The smallest absolute Gasteiger partial charge is 0.248 e. The van der Waals surface area contributed by atoms with Crippen molar-refractivity contribution in [3.63, 3.8) is 0 Å². The summed E-state index contributed by atoms with van der Waals surface area (Å²) in [6.45, 7) is 0.346. The van der Waals surface area contributed by atoms with Crippen molar-refractivity contribution in [1.29, 1.82) is 0 Å². The van der Waals surface area contributed by atoms with Crippen molar-refractivity contribution in [3.8, 4) is 11.8 Å². The summed E-state index contributed by atoms with van der Waals surface area (Å²) in [7, 11) is 0. The van der Waals surface area contributed by atoms with Gasteiger partial charge in [-0.15, -0.1) is 0 Å². The molecule has 0 unspecified atom stereocenters. The van der Waals surface area contributed by atoms with Crippen LogP contribution in [0.5, 0.6) is 0 Å². The largest absolute Gasteiger partial charge is 0.366 e. The van der Waals surface area contributed by atoms with Gasteiger partial charge in [0.2, 0.25) is 5.91 Å². The lowest BCUT2D eigenvalue weighted by atomic mass is 10.1. The molecule has 0 fully saturated rings. The summed E-state index contributed by atoms with van der Waals surface area (Å²) in [6, 6.07) is 6.76. The number of nitrogens with two attached hydrogens (primary N) is 1. The van der Waals surface area contributed by atoms with E-state index in [1.54, 1.807) is 24.3 Å². The third-order valence-corrected chi connectivity index (χ3v) is 1.78. The van der Waals surface area contributed by atoms with Crippen LogP contribution in [0.2, 0.25) is 0 Å². The zero-order valence-corrected chi connectivity index (χ0v) is 8.55. The van der Waals surface area contributed by atoms with Crippen LogP contribution in [0.25, 0.3) is 10.4 Å². The van der Waals surface area contributed by atoms with E-state index in [1.165, 1.54) is 0 Å². The molecule has 0 aliphatic heterocycles. The molecule has 0 saturated heterocycles. The Kier molecular flexibility index (Phi) is 4.45. The second-order valence-corrected chi connectivity index (χ2v) is 2.95. The van der Waals surface area contributed by atoms with E-state index in [0.29, 0.717) is 18.5 Å². The highest BCUT2D eigenvalue weighted by atomic mass is 16.1. The number of azide groups is 1. The lowest BCUT2D eigenvalue weighted by molar-refractivity contribution is 0.100. The van der Waals surface area contributed by atoms with Crippen LogP contribution in [0, 0.1) is 11.8 Å². The van der Waals surface area contributed by atoms with Crippen LogP contribution in [0.4, 0.5) is 0 Å². The Morgan fingerprint density at radius 2 is 2.38 bits per heavy atom. The van der Waals surface area contributed by atoms with E-state index in [4.69, 9.17) is 11.3 Å². The Hall–Kier alpha value is -2.44. The van der Waals surface area contributed by atoms with Crippen LogP contribution in [0.3, 0.4) is 0 Å². The van der Waals surface area contributed by atoms with Gasteiger partial charge in [0, 0.05) is 29.0 Å². The maximum Gasteiger partial charge on any atom is 0.248 e. The van der Waals surface area contributed by atoms with Crippen LogP contribution < -0.4 is 5.73 Å². The third kappa shape index (κ3) is 3.74. The average Bonchev–Trinajstić information content (AvgIpc) is 2.29. The Morgan fingerprint density at radius 3 is 3.06 bits per heavy atom. The monoisotopic (exact) mass is 214 g/mol. The summed E-state index contributed by atoms with van der Waals surface area (Å²) >= 11 is 0. The lowest BCUT2D eigenvalue weighted by Crippen LogP contribution is -2.10. The molecule has 0 bridgehead atoms. The molecule has 0 saturated carbocycles. The van der Waals surface area contributed by atoms with Crippen LogP contribution in [0.15, 0.2) is 29.4 Å². The maximum absolute atomic E-state index is 10.9. The van der Waals surface area contributed by atoms with Gasteiger partial charge in [-0.1, -0.05) is 23.0 Å². The van der Waals surface area contributed by atoms with E-state index in [2.05, 4.69) is 21.9 Å². The maximum atomic E-state index is 10.9. The van der Waals surface area contributed by atoms with Crippen molar-refractivity contribution in [3.05, 3.63) is 45.8 Å². The number of amides is 1. The summed E-state index contributed by atoms with van der Waals surface area (Å²) < 4.78 is 0. The topological polar surface area (TPSA) is 91.8 Å². The third-order valence-electron chi connectivity index (χ3n) is 1.78. The Labute approximate surface area is 92.9 Å². The highest BCUT2D eigenvalue weighted by Gasteiger charge is 1.98. The fourth-order valence-electron chi connectivity index (χ4n) is 1.07. The molecule has 1 aromatic carbocycles. The molecule has 16 heavy (non-hydrogen) atoms. The first-order valence-electron chi connectivity index (χ1n) is 4.63. The zero-order chi connectivity index (χ0) is 11.8. The molecule has 0 aromatic heterocycles. The fourth-order valence-corrected chi connectivity index (χ4v) is 1.07. The van der Waals surface area contributed by atoms with Gasteiger partial charge in [-0.2, -0.15) is 0 Å². The molecule has 0 heterocycles. The van der Waals surface area contributed by atoms with E-state index in [-0.39, 0.29) is 0 Å². The molecule has 1 rings (SSSR count). The number of hydrogen-bond acceptors (Lipinski definition) is 2. The normalized spacial score (nSPS) is 8.50. The number of hydrogen-bond donors (Lipinski definition) is 1. The van der Waals surface area contributed by atoms with Crippen LogP contribution in [-0.2, 0) is 0 Å². The molecule has 1 amide bonds. The van der Waals surface area contributed by atoms with Crippen LogP contribution >= 0.6 is 0 Å². The average molecular weight is 214 g/mol. The predicted molar refractivity (Wildman–Crippen MR) is 60.5 cm³/mol. The van der Waals surface area contributed by atoms with Gasteiger partial charge < -0.3 is 5.73 Å². The van der Waals surface area contributed by atoms with Gasteiger partial charge in [-0.25, -0.2) is 0 Å². The van der Waals surface area contributed by atoms with Gasteiger partial charge in [0.05, 0.1) is 0 Å². The van der Waals surface area contributed by atoms with Gasteiger partial charge >= 0.3 is 0 Å². The molecular formula is C11H10N4O. The molecule has 80 valence electrons. The van der Waals surface area contributed by atoms with Gasteiger partial charge in [0.15, 0.2) is 0 Å². The molecule has 0 atom stereocenters. The van der Waals surface area contributed by atoms with Gasteiger partial charge in [0.25, 0.3) is 0 Å². The minimum Gasteiger partial charge on any atom is -0.366 e. The van der Waals surface area contributed by atoms with Crippen molar-refractivity contribution in [1.82, 2.24) is 0 Å². The van der Waals surface area contributed by atoms with E-state index in [9.17, 15) is 4.79 Å². The highest BCUT2D eigenvalue weighted by molar-refractivity contribution is 5.93. The number of carbonyl (C=O) groups excluding carboxylic acids is 1. The molecule has 0 aliphatic carbocycles. The van der Waals surface area contributed by atoms with Crippen molar-refractivity contribution >= 4 is 5.91 Å². The van der Waals surface area contributed by atoms with Crippen LogP contribution in [-0.4, -0.2) is 12.5 Å². The van der Waals surface area contributed by atoms with Gasteiger partial charge in [0.1, 0.15) is 0 Å². The van der Waals surface area contributed by atoms with Crippen molar-refractivity contribution < 1.29 is 4.79 Å². The van der Waals surface area contributed by atoms with Crippen molar-refractivity contribution in [2.75, 3.05) is 6.54 Å². The van der Waals surface area contributed by atoms with E-state index >= 15 is 0 Å². The first kappa shape index (κ1) is 11.6. The molecule has 5 heteroatoms. The summed E-state index contributed by atoms with van der Waals surface area (Å²) in [5.74, 6) is 5.22. The minimum absolute atomic E-state index is 0.346. The quantitative estimate of drug-likeness (QED) is 0.268. The predicted octanol–water partition coefficient (Wildman–Crippen LogP) is 1.84. The standard InChI is InChI=1S/C11H10N4O/c12-11(16)10-6-3-5-9(8-10)4-1-2-7-14-15-13/h3,5-6,8H,2,7H2,(H2,12,16). The molecule has 0 spiro atoms. The Balaban J connectivity index is 2.69. The second kappa shape index (κ2) is 6.12. The number of carbonyl (C=O) groups is 1. The molecule has 1 aromatic rings.